The average Bonchev–Trinajstić information content (AvgIpc) is 2.42. The minimum atomic E-state index is -0.704. The zero-order valence-corrected chi connectivity index (χ0v) is 13.1. The van der Waals surface area contributed by atoms with Crippen LogP contribution < -0.4 is 5.32 Å². The Bertz CT molecular complexity index is 505. The van der Waals surface area contributed by atoms with Crippen LogP contribution in [0.15, 0.2) is 18.2 Å². The lowest BCUT2D eigenvalue weighted by Gasteiger charge is -2.22. The smallest absolute Gasteiger partial charge is 0.328 e. The summed E-state index contributed by atoms with van der Waals surface area (Å²) in [4.78, 5) is 23.9. The molecule has 1 aromatic rings. The molecular formula is C14H17Cl2NO3. The molecule has 0 aromatic heterocycles. The molecule has 1 rings (SSSR count). The topological polar surface area (TPSA) is 55.4 Å². The van der Waals surface area contributed by atoms with E-state index in [2.05, 4.69) is 5.32 Å². The molecule has 4 nitrogen and oxygen atoms in total. The lowest BCUT2D eigenvalue weighted by Crippen LogP contribution is -2.45. The number of halogens is 2. The van der Waals surface area contributed by atoms with E-state index in [0.29, 0.717) is 5.02 Å². The van der Waals surface area contributed by atoms with Gasteiger partial charge < -0.3 is 10.1 Å². The summed E-state index contributed by atoms with van der Waals surface area (Å²) in [5, 5.41) is 3.34. The third-order valence-corrected chi connectivity index (χ3v) is 3.68. The van der Waals surface area contributed by atoms with E-state index in [0.717, 1.165) is 6.42 Å². The van der Waals surface area contributed by atoms with Crippen molar-refractivity contribution in [1.82, 2.24) is 5.32 Å². The average molecular weight is 318 g/mol. The Hall–Kier alpha value is -1.26. The number of nitrogens with one attached hydrogen (secondary N) is 1. The minimum absolute atomic E-state index is 0.0440. The molecule has 0 spiro atoms. The van der Waals surface area contributed by atoms with Crippen molar-refractivity contribution in [3.05, 3.63) is 33.8 Å². The second-order valence-corrected chi connectivity index (χ2v) is 5.33. The van der Waals surface area contributed by atoms with E-state index < -0.39 is 17.9 Å². The Morgan fingerprint density at radius 2 is 2.00 bits per heavy atom. The number of carbonyl (C=O) groups excluding carboxylic acids is 2. The highest BCUT2D eigenvalue weighted by Gasteiger charge is 2.27. The van der Waals surface area contributed by atoms with Gasteiger partial charge in [0.05, 0.1) is 17.7 Å². The maximum absolute atomic E-state index is 12.2. The zero-order chi connectivity index (χ0) is 15.3. The molecule has 0 aliphatic heterocycles. The summed E-state index contributed by atoms with van der Waals surface area (Å²) in [6.45, 7) is 3.80. The number of carbonyl (C=O) groups is 2. The number of hydrogen-bond donors (Lipinski definition) is 1. The van der Waals surface area contributed by atoms with Crippen molar-refractivity contribution in [3.8, 4) is 0 Å². The highest BCUT2D eigenvalue weighted by Crippen LogP contribution is 2.21. The molecule has 0 heterocycles. The molecule has 0 unspecified atom stereocenters. The highest BCUT2D eigenvalue weighted by molar-refractivity contribution is 6.36. The molecule has 1 N–H and O–H groups in total. The van der Waals surface area contributed by atoms with E-state index >= 15 is 0 Å². The van der Waals surface area contributed by atoms with Gasteiger partial charge in [-0.1, -0.05) is 43.5 Å². The first kappa shape index (κ1) is 16.8. The number of esters is 1. The molecule has 6 heteroatoms. The summed E-state index contributed by atoms with van der Waals surface area (Å²) in [7, 11) is 1.29. The van der Waals surface area contributed by atoms with Gasteiger partial charge in [-0.25, -0.2) is 4.79 Å². The molecule has 110 valence electrons. The van der Waals surface area contributed by atoms with Crippen LogP contribution in [0.2, 0.25) is 10.0 Å². The third kappa shape index (κ3) is 4.12. The third-order valence-electron chi connectivity index (χ3n) is 3.13. The van der Waals surface area contributed by atoms with Gasteiger partial charge in [0.15, 0.2) is 0 Å². The zero-order valence-electron chi connectivity index (χ0n) is 11.6. The van der Waals surface area contributed by atoms with E-state index in [1.165, 1.54) is 19.2 Å². The Morgan fingerprint density at radius 1 is 1.35 bits per heavy atom. The predicted molar refractivity (Wildman–Crippen MR) is 79.2 cm³/mol. The number of benzene rings is 1. The van der Waals surface area contributed by atoms with Gasteiger partial charge in [-0.05, 0) is 24.1 Å². The number of rotatable bonds is 5. The van der Waals surface area contributed by atoms with Crippen LogP contribution in [0.25, 0.3) is 0 Å². The van der Waals surface area contributed by atoms with Crippen LogP contribution in [-0.4, -0.2) is 25.0 Å². The summed E-state index contributed by atoms with van der Waals surface area (Å²) in [5.74, 6) is -0.947. The Morgan fingerprint density at radius 3 is 2.50 bits per heavy atom. The van der Waals surface area contributed by atoms with E-state index in [1.54, 1.807) is 6.07 Å². The van der Waals surface area contributed by atoms with Crippen LogP contribution in [0, 0.1) is 5.92 Å². The molecule has 1 aromatic carbocycles. The van der Waals surface area contributed by atoms with E-state index in [-0.39, 0.29) is 16.5 Å². The normalized spacial score (nSPS) is 13.4. The fourth-order valence-corrected chi connectivity index (χ4v) is 2.18. The molecule has 1 amide bonds. The number of hydrogen-bond acceptors (Lipinski definition) is 3. The second kappa shape index (κ2) is 7.50. The fourth-order valence-electron chi connectivity index (χ4n) is 1.69. The molecule has 20 heavy (non-hydrogen) atoms. The first-order valence-electron chi connectivity index (χ1n) is 6.24. The standard InChI is InChI=1S/C14H17Cl2NO3/c1-4-8(2)12(14(19)20-3)17-13(18)10-6-5-9(15)7-11(10)16/h5-8,12H,4H2,1-3H3,(H,17,18)/t8-,12-/m1/s1. The number of amides is 1. The van der Waals surface area contributed by atoms with Gasteiger partial charge in [0.25, 0.3) is 5.91 Å². The molecule has 0 bridgehead atoms. The fraction of sp³-hybridized carbons (Fsp3) is 0.429. The lowest BCUT2D eigenvalue weighted by atomic mass is 9.99. The molecule has 0 aliphatic carbocycles. The van der Waals surface area contributed by atoms with Gasteiger partial charge in [0.2, 0.25) is 0 Å². The highest BCUT2D eigenvalue weighted by atomic mass is 35.5. The number of ether oxygens (including phenoxy) is 1. The van der Waals surface area contributed by atoms with Gasteiger partial charge >= 0.3 is 5.97 Å². The van der Waals surface area contributed by atoms with E-state index in [9.17, 15) is 9.59 Å². The summed E-state index contributed by atoms with van der Waals surface area (Å²) < 4.78 is 4.71. The van der Waals surface area contributed by atoms with Crippen molar-refractivity contribution >= 4 is 35.1 Å². The van der Waals surface area contributed by atoms with Crippen LogP contribution in [0.5, 0.6) is 0 Å². The minimum Gasteiger partial charge on any atom is -0.467 e. The first-order chi connectivity index (χ1) is 9.40. The predicted octanol–water partition coefficient (Wildman–Crippen LogP) is 3.31. The molecule has 0 saturated carbocycles. The molecule has 0 radical (unpaired) electrons. The SMILES string of the molecule is CC[C@@H](C)[C@@H](NC(=O)c1ccc(Cl)cc1Cl)C(=O)OC. The van der Waals surface area contributed by atoms with Crippen molar-refractivity contribution in [2.24, 2.45) is 5.92 Å². The van der Waals surface area contributed by atoms with Crippen LogP contribution in [0.3, 0.4) is 0 Å². The molecule has 2 atom stereocenters. The maximum atomic E-state index is 12.2. The Labute approximate surface area is 128 Å². The molecule has 0 aliphatic rings. The monoisotopic (exact) mass is 317 g/mol. The van der Waals surface area contributed by atoms with Crippen LogP contribution in [0.4, 0.5) is 0 Å². The van der Waals surface area contributed by atoms with Gasteiger partial charge in [0.1, 0.15) is 6.04 Å². The van der Waals surface area contributed by atoms with Crippen LogP contribution >= 0.6 is 23.2 Å². The van der Waals surface area contributed by atoms with E-state index in [4.69, 9.17) is 27.9 Å². The first-order valence-corrected chi connectivity index (χ1v) is 7.00. The molecule has 0 fully saturated rings. The van der Waals surface area contributed by atoms with Gasteiger partial charge in [-0.2, -0.15) is 0 Å². The van der Waals surface area contributed by atoms with Gasteiger partial charge in [-0.15, -0.1) is 0 Å². The van der Waals surface area contributed by atoms with Crippen molar-refractivity contribution in [3.63, 3.8) is 0 Å². The van der Waals surface area contributed by atoms with Crippen molar-refractivity contribution in [1.29, 1.82) is 0 Å². The van der Waals surface area contributed by atoms with E-state index in [1.807, 2.05) is 13.8 Å². The summed E-state index contributed by atoms with van der Waals surface area (Å²) in [6, 6.07) is 3.86. The summed E-state index contributed by atoms with van der Waals surface area (Å²) in [5.41, 5.74) is 0.272. The molecule has 0 saturated heterocycles. The van der Waals surface area contributed by atoms with Crippen molar-refractivity contribution in [2.75, 3.05) is 7.11 Å². The summed E-state index contributed by atoms with van der Waals surface area (Å²) >= 11 is 11.8. The molecular weight excluding hydrogens is 301 g/mol. The van der Waals surface area contributed by atoms with Gasteiger partial charge in [0, 0.05) is 5.02 Å². The second-order valence-electron chi connectivity index (χ2n) is 4.48. The quantitative estimate of drug-likeness (QED) is 0.848. The van der Waals surface area contributed by atoms with Crippen LogP contribution in [-0.2, 0) is 9.53 Å². The lowest BCUT2D eigenvalue weighted by molar-refractivity contribution is -0.144. The van der Waals surface area contributed by atoms with Crippen molar-refractivity contribution in [2.45, 2.75) is 26.3 Å². The van der Waals surface area contributed by atoms with Gasteiger partial charge in [-0.3, -0.25) is 4.79 Å². The van der Waals surface area contributed by atoms with Crippen molar-refractivity contribution < 1.29 is 14.3 Å². The largest absolute Gasteiger partial charge is 0.467 e. The maximum Gasteiger partial charge on any atom is 0.328 e. The van der Waals surface area contributed by atoms with Crippen LogP contribution in [0.1, 0.15) is 30.6 Å². The summed E-state index contributed by atoms with van der Waals surface area (Å²) in [6.07, 6.45) is 0.731. The number of methoxy groups -OCH3 is 1. The Kier molecular flexibility index (Phi) is 6.30. The Balaban J connectivity index is 2.93.